The van der Waals surface area contributed by atoms with Gasteiger partial charge in [-0.15, -0.1) is 0 Å². The summed E-state index contributed by atoms with van der Waals surface area (Å²) in [6.07, 6.45) is 1.27. The van der Waals surface area contributed by atoms with Crippen molar-refractivity contribution in [1.82, 2.24) is 0 Å². The third kappa shape index (κ3) is 4.02. The Hall–Kier alpha value is -2.32. The molecule has 0 N–H and O–H groups in total. The van der Waals surface area contributed by atoms with Crippen molar-refractivity contribution < 1.29 is 0 Å². The topological polar surface area (TPSA) is 3.24 Å². The molecule has 0 radical (unpaired) electrons. The van der Waals surface area contributed by atoms with Crippen molar-refractivity contribution in [3.8, 4) is 0 Å². The zero-order valence-electron chi connectivity index (χ0n) is 15.4. The van der Waals surface area contributed by atoms with Gasteiger partial charge in [0.05, 0.1) is 8.07 Å². The van der Waals surface area contributed by atoms with Crippen molar-refractivity contribution in [1.29, 1.82) is 0 Å². The van der Waals surface area contributed by atoms with Crippen molar-refractivity contribution in [2.24, 2.45) is 0 Å². The average Bonchev–Trinajstić information content (AvgIpc) is 2.64. The van der Waals surface area contributed by atoms with Crippen molar-refractivity contribution in [3.63, 3.8) is 0 Å². The summed E-state index contributed by atoms with van der Waals surface area (Å²) >= 11 is 0. The number of anilines is 3. The molecule has 0 heterocycles. The van der Waals surface area contributed by atoms with E-state index in [4.69, 9.17) is 0 Å². The van der Waals surface area contributed by atoms with Gasteiger partial charge < -0.3 is 4.90 Å². The van der Waals surface area contributed by atoms with Crippen molar-refractivity contribution in [2.45, 2.75) is 32.5 Å². The van der Waals surface area contributed by atoms with Crippen LogP contribution in [0.1, 0.15) is 13.3 Å². The normalized spacial score (nSPS) is 11.3. The second kappa shape index (κ2) is 7.71. The largest absolute Gasteiger partial charge is 0.311 e. The van der Waals surface area contributed by atoms with Crippen LogP contribution in [0.2, 0.25) is 19.1 Å². The van der Waals surface area contributed by atoms with E-state index >= 15 is 0 Å². The highest BCUT2D eigenvalue weighted by molar-refractivity contribution is 6.89. The number of nitrogens with zero attached hydrogens (tertiary/aromatic N) is 1. The Kier molecular flexibility index (Phi) is 5.39. The minimum absolute atomic E-state index is 1.19. The molecule has 0 aliphatic carbocycles. The summed E-state index contributed by atoms with van der Waals surface area (Å²) in [5.74, 6) is 0. The number of rotatable bonds is 6. The fourth-order valence-corrected chi connectivity index (χ4v) is 6.04. The zero-order valence-corrected chi connectivity index (χ0v) is 16.4. The molecule has 0 bridgehead atoms. The van der Waals surface area contributed by atoms with Gasteiger partial charge in [0.2, 0.25) is 0 Å². The van der Waals surface area contributed by atoms with E-state index in [-0.39, 0.29) is 0 Å². The van der Waals surface area contributed by atoms with Gasteiger partial charge in [0.1, 0.15) is 0 Å². The van der Waals surface area contributed by atoms with E-state index in [0.29, 0.717) is 0 Å². The highest BCUT2D eigenvalue weighted by Gasteiger charge is 2.22. The van der Waals surface area contributed by atoms with Crippen LogP contribution in [0.5, 0.6) is 0 Å². The maximum atomic E-state index is 2.47. The van der Waals surface area contributed by atoms with Gasteiger partial charge >= 0.3 is 0 Å². The van der Waals surface area contributed by atoms with Crippen LogP contribution >= 0.6 is 0 Å². The molecule has 1 nitrogen and oxygen atoms in total. The summed E-state index contributed by atoms with van der Waals surface area (Å²) in [6.45, 7) is 7.23. The van der Waals surface area contributed by atoms with E-state index in [1.54, 1.807) is 5.19 Å². The Balaban J connectivity index is 2.00. The zero-order chi connectivity index (χ0) is 17.7. The highest BCUT2D eigenvalue weighted by Crippen LogP contribution is 2.33. The van der Waals surface area contributed by atoms with Crippen LogP contribution in [0, 0.1) is 0 Å². The molecule has 3 aromatic carbocycles. The maximum absolute atomic E-state index is 2.47. The second-order valence-electron chi connectivity index (χ2n) is 7.19. The van der Waals surface area contributed by atoms with E-state index in [9.17, 15) is 0 Å². The fraction of sp³-hybridized carbons (Fsp3) is 0.217. The van der Waals surface area contributed by atoms with E-state index in [0.717, 1.165) is 0 Å². The number of para-hydroxylation sites is 2. The minimum atomic E-state index is -1.31. The van der Waals surface area contributed by atoms with Crippen LogP contribution in [0.3, 0.4) is 0 Å². The first-order valence-corrected chi connectivity index (χ1v) is 12.3. The summed E-state index contributed by atoms with van der Waals surface area (Å²) in [5, 5.41) is 1.54. The molecule has 0 spiro atoms. The summed E-state index contributed by atoms with van der Waals surface area (Å²) in [4.78, 5) is 2.32. The molecule has 128 valence electrons. The quantitative estimate of drug-likeness (QED) is 0.462. The molecule has 0 fully saturated rings. The lowest BCUT2D eigenvalue weighted by molar-refractivity contribution is 1.05. The molecule has 0 atom stereocenters. The lowest BCUT2D eigenvalue weighted by atomic mass is 10.2. The number of hydrogen-bond donors (Lipinski definition) is 0. The standard InChI is InChI=1S/C23H27NSi/c1-4-19-25(2,3)23-17-15-22(16-18-23)24(20-11-7-5-8-12-20)21-13-9-6-10-14-21/h5-18H,4,19H2,1-3H3. The average molecular weight is 346 g/mol. The molecular weight excluding hydrogens is 318 g/mol. The molecule has 25 heavy (non-hydrogen) atoms. The van der Waals surface area contributed by atoms with E-state index < -0.39 is 8.07 Å². The van der Waals surface area contributed by atoms with E-state index in [2.05, 4.69) is 110 Å². The predicted octanol–water partition coefficient (Wildman–Crippen LogP) is 6.48. The first kappa shape index (κ1) is 17.5. The van der Waals surface area contributed by atoms with Crippen LogP contribution in [0.25, 0.3) is 0 Å². The molecule has 0 unspecified atom stereocenters. The third-order valence-electron chi connectivity index (χ3n) is 4.81. The summed E-state index contributed by atoms with van der Waals surface area (Å²) in [5.41, 5.74) is 3.58. The first-order valence-electron chi connectivity index (χ1n) is 9.12. The molecular formula is C23H27NSi. The Labute approximate surface area is 153 Å². The SMILES string of the molecule is CCC[Si](C)(C)c1ccc(N(c2ccccc2)c2ccccc2)cc1. The lowest BCUT2D eigenvalue weighted by Crippen LogP contribution is -2.40. The fourth-order valence-electron chi connectivity index (χ4n) is 3.43. The van der Waals surface area contributed by atoms with Crippen LogP contribution in [0.4, 0.5) is 17.1 Å². The van der Waals surface area contributed by atoms with Crippen molar-refractivity contribution in [3.05, 3.63) is 84.9 Å². The lowest BCUT2D eigenvalue weighted by Gasteiger charge is -2.27. The van der Waals surface area contributed by atoms with Gasteiger partial charge in [0.15, 0.2) is 0 Å². The summed E-state index contributed by atoms with van der Waals surface area (Å²) in [7, 11) is -1.31. The Bertz CT molecular complexity index is 740. The molecule has 0 saturated heterocycles. The monoisotopic (exact) mass is 345 g/mol. The first-order chi connectivity index (χ1) is 12.1. The maximum Gasteiger partial charge on any atom is 0.0806 e. The second-order valence-corrected chi connectivity index (χ2v) is 12.0. The van der Waals surface area contributed by atoms with Crippen LogP contribution in [-0.4, -0.2) is 8.07 Å². The third-order valence-corrected chi connectivity index (χ3v) is 8.46. The predicted molar refractivity (Wildman–Crippen MR) is 113 cm³/mol. The van der Waals surface area contributed by atoms with Gasteiger partial charge in [-0.3, -0.25) is 0 Å². The summed E-state index contributed by atoms with van der Waals surface area (Å²) < 4.78 is 0. The Morgan fingerprint density at radius 3 is 1.52 bits per heavy atom. The van der Waals surface area contributed by atoms with E-state index in [1.165, 1.54) is 29.5 Å². The molecule has 0 aromatic heterocycles. The number of benzene rings is 3. The van der Waals surface area contributed by atoms with Gasteiger partial charge in [0, 0.05) is 17.1 Å². The summed E-state index contributed by atoms with van der Waals surface area (Å²) in [6, 6.07) is 31.7. The van der Waals surface area contributed by atoms with Gasteiger partial charge in [-0.05, 0) is 36.4 Å². The molecule has 0 aliphatic heterocycles. The van der Waals surface area contributed by atoms with Gasteiger partial charge in [-0.1, -0.05) is 86.2 Å². The van der Waals surface area contributed by atoms with Crippen LogP contribution < -0.4 is 10.1 Å². The van der Waals surface area contributed by atoms with Crippen LogP contribution in [0.15, 0.2) is 84.9 Å². The molecule has 0 amide bonds. The molecule has 0 aliphatic rings. The minimum Gasteiger partial charge on any atom is -0.311 e. The van der Waals surface area contributed by atoms with Crippen molar-refractivity contribution in [2.75, 3.05) is 4.90 Å². The van der Waals surface area contributed by atoms with Crippen LogP contribution in [-0.2, 0) is 0 Å². The van der Waals surface area contributed by atoms with Gasteiger partial charge in [-0.25, -0.2) is 0 Å². The van der Waals surface area contributed by atoms with Crippen molar-refractivity contribution >= 4 is 30.3 Å². The molecule has 0 saturated carbocycles. The smallest absolute Gasteiger partial charge is 0.0806 e. The van der Waals surface area contributed by atoms with Gasteiger partial charge in [0.25, 0.3) is 0 Å². The van der Waals surface area contributed by atoms with Gasteiger partial charge in [-0.2, -0.15) is 0 Å². The van der Waals surface area contributed by atoms with E-state index in [1.807, 2.05) is 0 Å². The molecule has 2 heteroatoms. The Morgan fingerprint density at radius 1 is 0.640 bits per heavy atom. The Morgan fingerprint density at radius 2 is 1.08 bits per heavy atom. The molecule has 3 aromatic rings. The highest BCUT2D eigenvalue weighted by atomic mass is 28.3. The molecule has 3 rings (SSSR count). The number of hydrogen-bond acceptors (Lipinski definition) is 1.